The summed E-state index contributed by atoms with van der Waals surface area (Å²) < 4.78 is 0. The smallest absolute Gasteiger partial charge is 0.260 e. The van der Waals surface area contributed by atoms with E-state index in [-0.39, 0.29) is 24.3 Å². The normalized spacial score (nSPS) is 10.3. The van der Waals surface area contributed by atoms with Crippen LogP contribution >= 0.6 is 0 Å². The van der Waals surface area contributed by atoms with Gasteiger partial charge in [0.05, 0.1) is 0 Å². The van der Waals surface area contributed by atoms with E-state index in [2.05, 4.69) is 10.6 Å². The molecule has 0 saturated carbocycles. The van der Waals surface area contributed by atoms with Crippen molar-refractivity contribution in [3.8, 4) is 0 Å². The number of imide groups is 1. The molecule has 3 aromatic rings. The fourth-order valence-electron chi connectivity index (χ4n) is 3.04. The second kappa shape index (κ2) is 11.4. The van der Waals surface area contributed by atoms with Gasteiger partial charge in [-0.25, -0.2) is 0 Å². The molecule has 3 amide bonds. The van der Waals surface area contributed by atoms with E-state index in [0.717, 1.165) is 0 Å². The van der Waals surface area contributed by atoms with Gasteiger partial charge in [0.2, 0.25) is 0 Å². The Labute approximate surface area is 181 Å². The molecule has 2 N–H and O–H groups in total. The molecule has 3 aromatic carbocycles. The molecule has 0 atom stereocenters. The highest BCUT2D eigenvalue weighted by molar-refractivity contribution is 6.10. The molecule has 3 rings (SSSR count). The van der Waals surface area contributed by atoms with Gasteiger partial charge in [-0.2, -0.15) is 0 Å². The lowest BCUT2D eigenvalue weighted by Crippen LogP contribution is -2.42. The predicted octanol–water partition coefficient (Wildman–Crippen LogP) is 2.99. The van der Waals surface area contributed by atoms with Crippen molar-refractivity contribution in [2.24, 2.45) is 0 Å². The lowest BCUT2D eigenvalue weighted by Gasteiger charge is -2.21. The van der Waals surface area contributed by atoms with Gasteiger partial charge in [-0.3, -0.25) is 19.3 Å². The number of nitrogens with zero attached hydrogens (tertiary/aromatic N) is 1. The third-order valence-corrected chi connectivity index (χ3v) is 4.67. The maximum absolute atomic E-state index is 12.9. The van der Waals surface area contributed by atoms with Crippen molar-refractivity contribution in [2.45, 2.75) is 0 Å². The molecule has 31 heavy (non-hydrogen) atoms. The molecule has 158 valence electrons. The van der Waals surface area contributed by atoms with Crippen molar-refractivity contribution in [3.05, 3.63) is 108 Å². The lowest BCUT2D eigenvalue weighted by molar-refractivity contribution is 0.0617. The van der Waals surface area contributed by atoms with E-state index in [0.29, 0.717) is 36.3 Å². The standard InChI is InChI=1S/C25H25N3O3/c29-23(20-10-4-1-5-11-20)27-17-16-26-18-19-28(24(30)21-12-6-2-7-13-21)25(31)22-14-8-3-9-15-22/h1-15,26H,16-19H2,(H,27,29). The second-order valence-electron chi connectivity index (χ2n) is 6.87. The van der Waals surface area contributed by atoms with Crippen LogP contribution in [0, 0.1) is 0 Å². The van der Waals surface area contributed by atoms with Gasteiger partial charge in [0.1, 0.15) is 0 Å². The van der Waals surface area contributed by atoms with E-state index in [1.807, 2.05) is 30.3 Å². The number of benzene rings is 3. The summed E-state index contributed by atoms with van der Waals surface area (Å²) in [4.78, 5) is 39.2. The summed E-state index contributed by atoms with van der Waals surface area (Å²) in [7, 11) is 0. The van der Waals surface area contributed by atoms with Gasteiger partial charge in [0.25, 0.3) is 17.7 Å². The van der Waals surface area contributed by atoms with Gasteiger partial charge in [-0.1, -0.05) is 54.6 Å². The number of carbonyl (C=O) groups excluding carboxylic acids is 3. The molecule has 6 nitrogen and oxygen atoms in total. The van der Waals surface area contributed by atoms with E-state index in [9.17, 15) is 14.4 Å². The van der Waals surface area contributed by atoms with Crippen LogP contribution in [0.4, 0.5) is 0 Å². The minimum absolute atomic E-state index is 0.137. The fraction of sp³-hybridized carbons (Fsp3) is 0.160. The van der Waals surface area contributed by atoms with Crippen molar-refractivity contribution >= 4 is 17.7 Å². The summed E-state index contributed by atoms with van der Waals surface area (Å²) in [5.74, 6) is -0.815. The van der Waals surface area contributed by atoms with E-state index < -0.39 is 0 Å². The largest absolute Gasteiger partial charge is 0.351 e. The first-order chi connectivity index (χ1) is 15.2. The Morgan fingerprint density at radius 2 is 1.03 bits per heavy atom. The molecule has 0 bridgehead atoms. The summed E-state index contributed by atoms with van der Waals surface area (Å²) in [6.45, 7) is 1.59. The summed E-state index contributed by atoms with van der Waals surface area (Å²) in [5, 5.41) is 6.01. The number of nitrogens with one attached hydrogen (secondary N) is 2. The number of carbonyl (C=O) groups is 3. The molecule has 0 radical (unpaired) electrons. The Hall–Kier alpha value is -3.77. The average Bonchev–Trinajstić information content (AvgIpc) is 2.84. The van der Waals surface area contributed by atoms with Crippen LogP contribution in [0.3, 0.4) is 0 Å². The zero-order valence-corrected chi connectivity index (χ0v) is 17.2. The fourth-order valence-corrected chi connectivity index (χ4v) is 3.04. The second-order valence-corrected chi connectivity index (χ2v) is 6.87. The molecule has 6 heteroatoms. The van der Waals surface area contributed by atoms with Gasteiger partial charge >= 0.3 is 0 Å². The van der Waals surface area contributed by atoms with Gasteiger partial charge in [0.15, 0.2) is 0 Å². The zero-order chi connectivity index (χ0) is 21.9. The molecule has 0 spiro atoms. The third-order valence-electron chi connectivity index (χ3n) is 4.67. The maximum Gasteiger partial charge on any atom is 0.260 e. The van der Waals surface area contributed by atoms with Crippen LogP contribution < -0.4 is 10.6 Å². The van der Waals surface area contributed by atoms with Crippen LogP contribution in [0.25, 0.3) is 0 Å². The summed E-state index contributed by atoms with van der Waals surface area (Å²) in [5.41, 5.74) is 1.53. The summed E-state index contributed by atoms with van der Waals surface area (Å²) >= 11 is 0. The van der Waals surface area contributed by atoms with E-state index in [4.69, 9.17) is 0 Å². The SMILES string of the molecule is O=C(NCCNCCN(C(=O)c1ccccc1)C(=O)c1ccccc1)c1ccccc1. The maximum atomic E-state index is 12.9. The van der Waals surface area contributed by atoms with Gasteiger partial charge < -0.3 is 10.6 Å². The molecular formula is C25H25N3O3. The first kappa shape index (κ1) is 21.9. The molecule has 0 fully saturated rings. The third kappa shape index (κ3) is 6.35. The first-order valence-corrected chi connectivity index (χ1v) is 10.2. The Morgan fingerprint density at radius 3 is 1.52 bits per heavy atom. The summed E-state index contributed by atoms with van der Waals surface area (Å²) in [6.07, 6.45) is 0. The van der Waals surface area contributed by atoms with Crippen LogP contribution in [0.15, 0.2) is 91.0 Å². The Kier molecular flexibility index (Phi) is 8.08. The van der Waals surface area contributed by atoms with Crippen LogP contribution in [-0.2, 0) is 0 Å². The monoisotopic (exact) mass is 415 g/mol. The molecule has 0 aliphatic heterocycles. The minimum Gasteiger partial charge on any atom is -0.351 e. The molecule has 0 saturated heterocycles. The van der Waals surface area contributed by atoms with E-state index in [1.54, 1.807) is 60.7 Å². The van der Waals surface area contributed by atoms with Crippen molar-refractivity contribution in [2.75, 3.05) is 26.2 Å². The van der Waals surface area contributed by atoms with Crippen LogP contribution in [0.5, 0.6) is 0 Å². The highest BCUT2D eigenvalue weighted by Gasteiger charge is 2.23. The Bertz CT molecular complexity index is 941. The van der Waals surface area contributed by atoms with Crippen LogP contribution in [0.2, 0.25) is 0 Å². The Morgan fingerprint density at radius 1 is 0.581 bits per heavy atom. The van der Waals surface area contributed by atoms with Crippen LogP contribution in [-0.4, -0.2) is 48.8 Å². The first-order valence-electron chi connectivity index (χ1n) is 10.2. The van der Waals surface area contributed by atoms with Gasteiger partial charge in [0, 0.05) is 42.9 Å². The van der Waals surface area contributed by atoms with Crippen molar-refractivity contribution < 1.29 is 14.4 Å². The average molecular weight is 415 g/mol. The van der Waals surface area contributed by atoms with Gasteiger partial charge in [-0.15, -0.1) is 0 Å². The molecule has 0 aromatic heterocycles. The number of rotatable bonds is 9. The Balaban J connectivity index is 1.53. The van der Waals surface area contributed by atoms with Crippen molar-refractivity contribution in [1.82, 2.24) is 15.5 Å². The quantitative estimate of drug-likeness (QED) is 0.416. The number of hydrogen-bond donors (Lipinski definition) is 2. The molecule has 0 heterocycles. The van der Waals surface area contributed by atoms with Crippen molar-refractivity contribution in [3.63, 3.8) is 0 Å². The zero-order valence-electron chi connectivity index (χ0n) is 17.2. The topological polar surface area (TPSA) is 78.5 Å². The molecule has 0 unspecified atom stereocenters. The van der Waals surface area contributed by atoms with Gasteiger partial charge in [-0.05, 0) is 36.4 Å². The highest BCUT2D eigenvalue weighted by Crippen LogP contribution is 2.10. The lowest BCUT2D eigenvalue weighted by atomic mass is 10.1. The van der Waals surface area contributed by atoms with E-state index >= 15 is 0 Å². The molecule has 0 aliphatic rings. The predicted molar refractivity (Wildman–Crippen MR) is 120 cm³/mol. The van der Waals surface area contributed by atoms with Crippen molar-refractivity contribution in [1.29, 1.82) is 0 Å². The summed E-state index contributed by atoms with van der Waals surface area (Å²) in [6, 6.07) is 26.5. The highest BCUT2D eigenvalue weighted by atomic mass is 16.2. The molecule has 0 aliphatic carbocycles. The minimum atomic E-state index is -0.339. The number of hydrogen-bond acceptors (Lipinski definition) is 4. The van der Waals surface area contributed by atoms with Crippen LogP contribution in [0.1, 0.15) is 31.1 Å². The number of amides is 3. The molecular weight excluding hydrogens is 390 g/mol. The van der Waals surface area contributed by atoms with E-state index in [1.165, 1.54) is 4.90 Å².